The molecule has 0 N–H and O–H groups in total. The van der Waals surface area contributed by atoms with Crippen LogP contribution in [0.5, 0.6) is 5.75 Å². The SMILES string of the molecule is CC(=NCC(=O)c1ccc(C(=O)N2CCCC2)s1)c1csc(-c2ccc(Cl)c(Cl)c2)c1[O-].[K+]. The number of carbonyl (C=O) groups excluding carboxylic acids is 2. The number of rotatable bonds is 6. The first-order valence-corrected chi connectivity index (χ1v) is 12.5. The number of aliphatic imine (C=N–C) groups is 1. The normalized spacial score (nSPS) is 13.8. The fourth-order valence-electron chi connectivity index (χ4n) is 3.47. The van der Waals surface area contributed by atoms with Crippen LogP contribution in [0.4, 0.5) is 0 Å². The average molecular weight is 546 g/mol. The van der Waals surface area contributed by atoms with Gasteiger partial charge in [0.05, 0.1) is 19.8 Å². The number of amides is 1. The summed E-state index contributed by atoms with van der Waals surface area (Å²) in [6, 6.07) is 8.44. The predicted molar refractivity (Wildman–Crippen MR) is 130 cm³/mol. The molecule has 3 aromatic rings. The van der Waals surface area contributed by atoms with Crippen LogP contribution >= 0.6 is 45.9 Å². The standard InChI is InChI=1S/C23H20Cl2N2O3S2.K/c1-13(15-12-31-22(21(15)29)14-4-5-16(24)17(25)10-14)26-11-18(28)19-6-7-20(32-19)23(30)27-8-2-3-9-27;/h4-7,10,12,29H,2-3,8-9,11H2,1H3;/q;+1/p-1. The van der Waals surface area contributed by atoms with Gasteiger partial charge >= 0.3 is 51.4 Å². The van der Waals surface area contributed by atoms with E-state index < -0.39 is 0 Å². The maximum atomic E-state index is 12.9. The molecule has 1 fully saturated rings. The molecular formula is C23H19Cl2KN2O3S2. The third-order valence-electron chi connectivity index (χ3n) is 5.26. The molecule has 166 valence electrons. The van der Waals surface area contributed by atoms with E-state index in [1.807, 2.05) is 4.90 Å². The molecule has 5 nitrogen and oxygen atoms in total. The van der Waals surface area contributed by atoms with Crippen LogP contribution in [0.25, 0.3) is 10.4 Å². The summed E-state index contributed by atoms with van der Waals surface area (Å²) in [4.78, 5) is 32.8. The fourth-order valence-corrected chi connectivity index (χ4v) is 5.66. The van der Waals surface area contributed by atoms with Gasteiger partial charge in [-0.05, 0) is 60.5 Å². The van der Waals surface area contributed by atoms with Gasteiger partial charge in [-0.15, -0.1) is 22.7 Å². The smallest absolute Gasteiger partial charge is 0.871 e. The molecule has 3 heterocycles. The molecule has 10 heteroatoms. The molecule has 4 rings (SSSR count). The summed E-state index contributed by atoms with van der Waals surface area (Å²) in [5.74, 6) is -0.353. The number of thiophene rings is 2. The Balaban J connectivity index is 0.00000306. The van der Waals surface area contributed by atoms with E-state index in [1.54, 1.807) is 42.6 Å². The van der Waals surface area contributed by atoms with Crippen LogP contribution in [0, 0.1) is 0 Å². The van der Waals surface area contributed by atoms with Crippen LogP contribution < -0.4 is 56.5 Å². The number of nitrogens with zero attached hydrogens (tertiary/aromatic N) is 2. The van der Waals surface area contributed by atoms with E-state index >= 15 is 0 Å². The van der Waals surface area contributed by atoms with Crippen molar-refractivity contribution in [2.75, 3.05) is 19.6 Å². The van der Waals surface area contributed by atoms with E-state index in [9.17, 15) is 14.7 Å². The van der Waals surface area contributed by atoms with Gasteiger partial charge in [0.25, 0.3) is 5.91 Å². The molecule has 0 radical (unpaired) electrons. The molecule has 1 amide bonds. The third-order valence-corrected chi connectivity index (χ3v) is 8.13. The second-order valence-corrected chi connectivity index (χ2v) is 10.2. The monoisotopic (exact) mass is 544 g/mol. The van der Waals surface area contributed by atoms with Crippen molar-refractivity contribution in [1.29, 1.82) is 0 Å². The Hall–Kier alpha value is -0.554. The number of benzene rings is 1. The molecule has 0 spiro atoms. The molecular weight excluding hydrogens is 526 g/mol. The van der Waals surface area contributed by atoms with Crippen LogP contribution in [0.3, 0.4) is 0 Å². The zero-order valence-electron chi connectivity index (χ0n) is 18.2. The number of hydrogen-bond acceptors (Lipinski definition) is 6. The summed E-state index contributed by atoms with van der Waals surface area (Å²) in [6.45, 7) is 3.17. The number of hydrogen-bond donors (Lipinski definition) is 0. The van der Waals surface area contributed by atoms with Gasteiger partial charge in [0.15, 0.2) is 5.78 Å². The van der Waals surface area contributed by atoms with Gasteiger partial charge in [-0.1, -0.05) is 35.0 Å². The van der Waals surface area contributed by atoms with Gasteiger partial charge in [-0.25, -0.2) is 0 Å². The Morgan fingerprint density at radius 3 is 2.48 bits per heavy atom. The molecule has 1 aliphatic rings. The Morgan fingerprint density at radius 2 is 1.79 bits per heavy atom. The van der Waals surface area contributed by atoms with Crippen LogP contribution in [-0.4, -0.2) is 41.9 Å². The summed E-state index contributed by atoms with van der Waals surface area (Å²) < 4.78 is 0. The zero-order valence-corrected chi connectivity index (χ0v) is 24.5. The molecule has 0 bridgehead atoms. The summed E-state index contributed by atoms with van der Waals surface area (Å²) in [5, 5.41) is 15.4. The van der Waals surface area contributed by atoms with Crippen molar-refractivity contribution in [3.8, 4) is 16.2 Å². The van der Waals surface area contributed by atoms with Gasteiger partial charge in [0.2, 0.25) is 0 Å². The Bertz CT molecular complexity index is 1220. The van der Waals surface area contributed by atoms with Crippen LogP contribution in [0.2, 0.25) is 10.0 Å². The number of Topliss-reactive ketones (excluding diaryl/α,β-unsaturated/α-hetero) is 1. The third kappa shape index (κ3) is 6.18. The first-order chi connectivity index (χ1) is 15.3. The second kappa shape index (κ2) is 11.9. The quantitative estimate of drug-likeness (QED) is 0.272. The van der Waals surface area contributed by atoms with E-state index in [2.05, 4.69) is 4.99 Å². The average Bonchev–Trinajstić information content (AvgIpc) is 3.54. The molecule has 2 aromatic heterocycles. The fraction of sp³-hybridized carbons (Fsp3) is 0.261. The largest absolute Gasteiger partial charge is 1.00 e. The summed E-state index contributed by atoms with van der Waals surface area (Å²) in [7, 11) is 0. The molecule has 1 aliphatic heterocycles. The maximum absolute atomic E-state index is 12.9. The van der Waals surface area contributed by atoms with Gasteiger partial charge < -0.3 is 10.0 Å². The van der Waals surface area contributed by atoms with Crippen molar-refractivity contribution < 1.29 is 66.1 Å². The number of likely N-dealkylation sites (tertiary alicyclic amines) is 1. The minimum Gasteiger partial charge on any atom is -0.871 e. The Labute approximate surface area is 252 Å². The first kappa shape index (κ1) is 27.0. The molecule has 1 saturated heterocycles. The molecule has 0 saturated carbocycles. The summed E-state index contributed by atoms with van der Waals surface area (Å²) in [5.41, 5.74) is 1.65. The predicted octanol–water partition coefficient (Wildman–Crippen LogP) is 2.79. The molecule has 0 aliphatic carbocycles. The molecule has 0 atom stereocenters. The van der Waals surface area contributed by atoms with Crippen molar-refractivity contribution >= 4 is 63.3 Å². The first-order valence-electron chi connectivity index (χ1n) is 10.0. The van der Waals surface area contributed by atoms with E-state index in [1.165, 1.54) is 22.7 Å². The number of ketones is 1. The molecule has 33 heavy (non-hydrogen) atoms. The number of halogens is 2. The van der Waals surface area contributed by atoms with Crippen LogP contribution in [0.15, 0.2) is 40.7 Å². The van der Waals surface area contributed by atoms with Gasteiger partial charge in [0.1, 0.15) is 6.54 Å². The summed E-state index contributed by atoms with van der Waals surface area (Å²) in [6.07, 6.45) is 2.04. The minimum atomic E-state index is -0.179. The van der Waals surface area contributed by atoms with Crippen LogP contribution in [-0.2, 0) is 0 Å². The summed E-state index contributed by atoms with van der Waals surface area (Å²) >= 11 is 14.5. The van der Waals surface area contributed by atoms with Crippen molar-refractivity contribution in [3.05, 3.63) is 61.1 Å². The van der Waals surface area contributed by atoms with Crippen LogP contribution in [0.1, 0.15) is 44.7 Å². The number of carbonyl (C=O) groups is 2. The minimum absolute atomic E-state index is 0. The zero-order chi connectivity index (χ0) is 22.8. The van der Waals surface area contributed by atoms with Gasteiger partial charge in [-0.3, -0.25) is 14.6 Å². The van der Waals surface area contributed by atoms with Crippen molar-refractivity contribution in [1.82, 2.24) is 4.90 Å². The van der Waals surface area contributed by atoms with E-state index in [4.69, 9.17) is 23.2 Å². The van der Waals surface area contributed by atoms with Crippen molar-refractivity contribution in [2.24, 2.45) is 4.99 Å². The van der Waals surface area contributed by atoms with Crippen molar-refractivity contribution in [3.63, 3.8) is 0 Å². The topological polar surface area (TPSA) is 72.8 Å². The molecule has 1 aromatic carbocycles. The van der Waals surface area contributed by atoms with Gasteiger partial charge in [-0.2, -0.15) is 0 Å². The maximum Gasteiger partial charge on any atom is 1.00 e. The van der Waals surface area contributed by atoms with E-state index in [0.717, 1.165) is 25.9 Å². The second-order valence-electron chi connectivity index (χ2n) is 7.42. The Kier molecular flexibility index (Phi) is 9.77. The van der Waals surface area contributed by atoms with Gasteiger partial charge in [0, 0.05) is 23.7 Å². The Morgan fingerprint density at radius 1 is 1.09 bits per heavy atom. The van der Waals surface area contributed by atoms with E-state index in [-0.39, 0.29) is 75.4 Å². The molecule has 0 unspecified atom stereocenters. The van der Waals surface area contributed by atoms with Crippen molar-refractivity contribution in [2.45, 2.75) is 19.8 Å². The van der Waals surface area contributed by atoms with E-state index in [0.29, 0.717) is 41.5 Å².